The number of carbonyl (C=O) groups excluding carboxylic acids is 3. The van der Waals surface area contributed by atoms with Crippen LogP contribution in [0.25, 0.3) is 5.57 Å². The first-order valence-electron chi connectivity index (χ1n) is 10.9. The van der Waals surface area contributed by atoms with Crippen molar-refractivity contribution in [3.63, 3.8) is 0 Å². The fraction of sp³-hybridized carbons (Fsp3) is 0.400. The molecule has 7 heteroatoms. The summed E-state index contributed by atoms with van der Waals surface area (Å²) in [6, 6.07) is 8.79. The van der Waals surface area contributed by atoms with Gasteiger partial charge in [0.25, 0.3) is 0 Å². The Morgan fingerprint density at radius 1 is 1.12 bits per heavy atom. The molecule has 5 rings (SSSR count). The molecule has 2 amide bonds. The fourth-order valence-corrected chi connectivity index (χ4v) is 6.17. The number of benzene rings is 1. The van der Waals surface area contributed by atoms with Gasteiger partial charge in [-0.25, -0.2) is 0 Å². The van der Waals surface area contributed by atoms with E-state index in [0.29, 0.717) is 24.4 Å². The van der Waals surface area contributed by atoms with Crippen LogP contribution in [0.1, 0.15) is 34.1 Å². The molecule has 0 aliphatic carbocycles. The van der Waals surface area contributed by atoms with Crippen molar-refractivity contribution in [2.75, 3.05) is 25.2 Å². The third-order valence-corrected chi connectivity index (χ3v) is 7.74. The third kappa shape index (κ3) is 3.06. The van der Waals surface area contributed by atoms with E-state index in [1.54, 1.807) is 13.2 Å². The topological polar surface area (TPSA) is 66.9 Å². The summed E-state index contributed by atoms with van der Waals surface area (Å²) in [5, 5.41) is 1.87. The molecule has 1 aromatic carbocycles. The number of hydrogen-bond donors (Lipinski definition) is 0. The summed E-state index contributed by atoms with van der Waals surface area (Å²) >= 11 is 1.38. The molecule has 3 aliphatic heterocycles. The van der Waals surface area contributed by atoms with E-state index in [4.69, 9.17) is 4.74 Å². The zero-order valence-electron chi connectivity index (χ0n) is 18.4. The highest BCUT2D eigenvalue weighted by Gasteiger charge is 2.64. The predicted molar refractivity (Wildman–Crippen MR) is 124 cm³/mol. The van der Waals surface area contributed by atoms with Gasteiger partial charge in [-0.1, -0.05) is 23.8 Å². The number of imide groups is 1. The standard InChI is InChI=1S/C25H26N2O4S/c1-14-7-8-17-16(12-14)15(2)13-18-20-21(25(30)26(24(20)29)9-5-10-31-3)22(27(17)18)23(28)19-6-4-11-32-19/h4,6-8,11-13,18,20-22H,5,9-10H2,1-3H3/t18-,20+,21-,22-/m0/s1. The molecule has 4 atom stereocenters. The first-order chi connectivity index (χ1) is 15.4. The number of anilines is 1. The Balaban J connectivity index is 1.62. The van der Waals surface area contributed by atoms with Crippen molar-refractivity contribution in [1.29, 1.82) is 0 Å². The molecule has 0 saturated carbocycles. The minimum absolute atomic E-state index is 0.0862. The molecule has 0 N–H and O–H groups in total. The number of hydrogen-bond acceptors (Lipinski definition) is 6. The van der Waals surface area contributed by atoms with Crippen molar-refractivity contribution in [3.8, 4) is 0 Å². The van der Waals surface area contributed by atoms with Gasteiger partial charge in [0.2, 0.25) is 11.8 Å². The first-order valence-corrected chi connectivity index (χ1v) is 11.8. The Hall–Kier alpha value is -2.77. The molecular formula is C25H26N2O4S. The monoisotopic (exact) mass is 450 g/mol. The Kier molecular flexibility index (Phi) is 5.26. The minimum atomic E-state index is -0.696. The summed E-state index contributed by atoms with van der Waals surface area (Å²) in [5.41, 5.74) is 4.19. The number of aryl methyl sites for hydroxylation is 1. The minimum Gasteiger partial charge on any atom is -0.385 e. The van der Waals surface area contributed by atoms with Crippen molar-refractivity contribution in [1.82, 2.24) is 4.90 Å². The van der Waals surface area contributed by atoms with Gasteiger partial charge in [0.1, 0.15) is 6.04 Å². The van der Waals surface area contributed by atoms with Crippen LogP contribution in [0.2, 0.25) is 0 Å². The van der Waals surface area contributed by atoms with E-state index in [0.717, 1.165) is 22.4 Å². The van der Waals surface area contributed by atoms with Gasteiger partial charge in [0.05, 0.1) is 22.8 Å². The summed E-state index contributed by atoms with van der Waals surface area (Å²) in [7, 11) is 1.60. The van der Waals surface area contributed by atoms with Crippen LogP contribution in [0.15, 0.2) is 41.8 Å². The van der Waals surface area contributed by atoms with E-state index >= 15 is 0 Å². The van der Waals surface area contributed by atoms with Crippen molar-refractivity contribution >= 4 is 40.2 Å². The number of allylic oxidation sites excluding steroid dienone is 1. The van der Waals surface area contributed by atoms with Crippen molar-refractivity contribution in [2.24, 2.45) is 11.8 Å². The molecule has 32 heavy (non-hydrogen) atoms. The van der Waals surface area contributed by atoms with Gasteiger partial charge in [-0.2, -0.15) is 0 Å². The van der Waals surface area contributed by atoms with Gasteiger partial charge < -0.3 is 9.64 Å². The number of Topliss-reactive ketones (excluding diaryl/α,β-unsaturated/α-hetero) is 1. The van der Waals surface area contributed by atoms with E-state index in [9.17, 15) is 14.4 Å². The van der Waals surface area contributed by atoms with Gasteiger partial charge in [-0.3, -0.25) is 19.3 Å². The number of amides is 2. The van der Waals surface area contributed by atoms with Crippen molar-refractivity contribution in [3.05, 3.63) is 57.8 Å². The second kappa shape index (κ2) is 7.98. The molecule has 166 valence electrons. The maximum atomic E-state index is 13.7. The molecule has 2 aromatic rings. The van der Waals surface area contributed by atoms with E-state index < -0.39 is 17.9 Å². The number of likely N-dealkylation sites (tertiary alicyclic amines) is 1. The highest BCUT2D eigenvalue weighted by atomic mass is 32.1. The number of ketones is 1. The van der Waals surface area contributed by atoms with Gasteiger partial charge in [0, 0.05) is 31.5 Å². The van der Waals surface area contributed by atoms with E-state index in [-0.39, 0.29) is 23.6 Å². The SMILES string of the molecule is COCCCN1C(=O)[C@H]2[C@H](C1=O)[C@@H]1C=C(C)c3cc(C)ccc3N1[C@@H]2C(=O)c1cccs1. The lowest BCUT2D eigenvalue weighted by atomic mass is 9.86. The Morgan fingerprint density at radius 2 is 1.91 bits per heavy atom. The van der Waals surface area contributed by atoms with Crippen LogP contribution in [0.3, 0.4) is 0 Å². The van der Waals surface area contributed by atoms with Gasteiger partial charge in [0.15, 0.2) is 5.78 Å². The molecule has 0 unspecified atom stereocenters. The number of methoxy groups -OCH3 is 1. The zero-order valence-corrected chi connectivity index (χ0v) is 19.2. The largest absolute Gasteiger partial charge is 0.385 e. The molecule has 0 bridgehead atoms. The molecule has 0 radical (unpaired) electrons. The molecular weight excluding hydrogens is 424 g/mol. The lowest BCUT2D eigenvalue weighted by molar-refractivity contribution is -0.140. The molecule has 3 aliphatic rings. The van der Waals surface area contributed by atoms with Crippen molar-refractivity contribution in [2.45, 2.75) is 32.4 Å². The second-order valence-corrected chi connectivity index (χ2v) is 9.73. The Morgan fingerprint density at radius 3 is 2.62 bits per heavy atom. The number of nitrogens with zero attached hydrogens (tertiary/aromatic N) is 2. The average Bonchev–Trinajstić information content (AvgIpc) is 3.47. The van der Waals surface area contributed by atoms with Gasteiger partial charge in [-0.15, -0.1) is 11.3 Å². The van der Waals surface area contributed by atoms with E-state index in [2.05, 4.69) is 12.1 Å². The fourth-order valence-electron chi connectivity index (χ4n) is 5.47. The first kappa shape index (κ1) is 21.1. The summed E-state index contributed by atoms with van der Waals surface area (Å²) < 4.78 is 5.10. The molecule has 4 heterocycles. The number of fused-ring (bicyclic) bond motifs is 5. The summed E-state index contributed by atoms with van der Waals surface area (Å²) in [6.45, 7) is 4.88. The molecule has 6 nitrogen and oxygen atoms in total. The average molecular weight is 451 g/mol. The second-order valence-electron chi connectivity index (χ2n) is 8.78. The maximum Gasteiger partial charge on any atom is 0.235 e. The zero-order chi connectivity index (χ0) is 22.6. The smallest absolute Gasteiger partial charge is 0.235 e. The lowest BCUT2D eigenvalue weighted by Crippen LogP contribution is -2.49. The van der Waals surface area contributed by atoms with Crippen LogP contribution in [0.4, 0.5) is 5.69 Å². The molecule has 2 saturated heterocycles. The maximum absolute atomic E-state index is 13.7. The number of thiophene rings is 1. The summed E-state index contributed by atoms with van der Waals surface area (Å²) in [5.74, 6) is -1.73. The third-order valence-electron chi connectivity index (χ3n) is 6.86. The van der Waals surface area contributed by atoms with E-state index in [1.165, 1.54) is 16.2 Å². The molecule has 0 spiro atoms. The summed E-state index contributed by atoms with van der Waals surface area (Å²) in [4.78, 5) is 44.8. The highest BCUT2D eigenvalue weighted by Crippen LogP contribution is 2.50. The summed E-state index contributed by atoms with van der Waals surface area (Å²) in [6.07, 6.45) is 2.66. The van der Waals surface area contributed by atoms with Crippen LogP contribution in [-0.4, -0.2) is 54.8 Å². The van der Waals surface area contributed by atoms with Crippen LogP contribution < -0.4 is 4.90 Å². The van der Waals surface area contributed by atoms with Crippen LogP contribution in [0.5, 0.6) is 0 Å². The lowest BCUT2D eigenvalue weighted by Gasteiger charge is -2.38. The molecule has 1 aromatic heterocycles. The van der Waals surface area contributed by atoms with Crippen LogP contribution in [0, 0.1) is 18.8 Å². The van der Waals surface area contributed by atoms with Crippen LogP contribution >= 0.6 is 11.3 Å². The predicted octanol–water partition coefficient (Wildman–Crippen LogP) is 3.55. The highest BCUT2D eigenvalue weighted by molar-refractivity contribution is 7.12. The Labute approximate surface area is 191 Å². The van der Waals surface area contributed by atoms with E-state index in [1.807, 2.05) is 42.3 Å². The number of ether oxygens (including phenoxy) is 1. The van der Waals surface area contributed by atoms with Crippen LogP contribution in [-0.2, 0) is 14.3 Å². The Bertz CT molecular complexity index is 1120. The van der Waals surface area contributed by atoms with Gasteiger partial charge >= 0.3 is 0 Å². The normalized spacial score (nSPS) is 26.2. The number of carbonyl (C=O) groups is 3. The molecule has 2 fully saturated rings. The van der Waals surface area contributed by atoms with Crippen molar-refractivity contribution < 1.29 is 19.1 Å². The van der Waals surface area contributed by atoms with Gasteiger partial charge in [-0.05, 0) is 49.4 Å². The number of rotatable bonds is 6. The quantitative estimate of drug-likeness (QED) is 0.383.